The number of carbonyl (C=O) groups excluding carboxylic acids is 1. The van der Waals surface area contributed by atoms with Gasteiger partial charge in [0.15, 0.2) is 5.75 Å². The Morgan fingerprint density at radius 2 is 2.05 bits per heavy atom. The highest BCUT2D eigenvalue weighted by molar-refractivity contribution is 5.99. The summed E-state index contributed by atoms with van der Waals surface area (Å²) in [4.78, 5) is 11.2. The largest absolute Gasteiger partial charge is 0.455 e. The number of benzene rings is 2. The second-order valence-corrected chi connectivity index (χ2v) is 3.94. The first-order chi connectivity index (χ1) is 9.52. The first kappa shape index (κ1) is 13.4. The molecule has 0 heterocycles. The van der Waals surface area contributed by atoms with E-state index in [1.165, 1.54) is 24.3 Å². The smallest absolute Gasteiger partial charge is 0.250 e. The summed E-state index contributed by atoms with van der Waals surface area (Å²) >= 11 is 0. The molecule has 2 aromatic carbocycles. The topological polar surface area (TPSA) is 102 Å². The molecule has 4 N–H and O–H groups in total. The summed E-state index contributed by atoms with van der Waals surface area (Å²) in [5, 5.41) is 8.64. The van der Waals surface area contributed by atoms with Crippen LogP contribution in [0.5, 0.6) is 11.5 Å². The molecule has 100 valence electrons. The van der Waals surface area contributed by atoms with Crippen molar-refractivity contribution in [1.29, 1.82) is 5.26 Å². The number of nitriles is 1. The molecule has 0 atom stereocenters. The van der Waals surface area contributed by atoms with Crippen molar-refractivity contribution in [2.45, 2.75) is 0 Å². The fourth-order valence-corrected chi connectivity index (χ4v) is 1.62. The SMILES string of the molecule is N#Cc1ccc(Oc2cccc(C(N)=O)c2N)cc1F. The van der Waals surface area contributed by atoms with Crippen molar-refractivity contribution in [3.05, 3.63) is 53.3 Å². The third-order valence-electron chi connectivity index (χ3n) is 2.62. The molecule has 0 aromatic heterocycles. The molecule has 0 bridgehead atoms. The molecule has 6 heteroatoms. The Hall–Kier alpha value is -3.07. The molecule has 0 fully saturated rings. The van der Waals surface area contributed by atoms with Gasteiger partial charge in [0, 0.05) is 6.07 Å². The quantitative estimate of drug-likeness (QED) is 0.835. The fraction of sp³-hybridized carbons (Fsp3) is 0. The van der Waals surface area contributed by atoms with Gasteiger partial charge in [-0.3, -0.25) is 4.79 Å². The minimum Gasteiger partial charge on any atom is -0.455 e. The van der Waals surface area contributed by atoms with Crippen LogP contribution in [0.3, 0.4) is 0 Å². The van der Waals surface area contributed by atoms with Gasteiger partial charge in [0.25, 0.3) is 5.91 Å². The molecular formula is C14H10FN3O2. The summed E-state index contributed by atoms with van der Waals surface area (Å²) in [7, 11) is 0. The molecular weight excluding hydrogens is 261 g/mol. The van der Waals surface area contributed by atoms with Gasteiger partial charge in [-0.05, 0) is 24.3 Å². The van der Waals surface area contributed by atoms with Crippen LogP contribution in [0.15, 0.2) is 36.4 Å². The van der Waals surface area contributed by atoms with Crippen LogP contribution in [0.4, 0.5) is 10.1 Å². The van der Waals surface area contributed by atoms with Crippen molar-refractivity contribution in [2.75, 3.05) is 5.73 Å². The van der Waals surface area contributed by atoms with E-state index in [1.54, 1.807) is 12.1 Å². The van der Waals surface area contributed by atoms with E-state index in [4.69, 9.17) is 21.5 Å². The number of hydrogen-bond acceptors (Lipinski definition) is 4. The second kappa shape index (κ2) is 5.28. The van der Waals surface area contributed by atoms with Crippen LogP contribution in [-0.2, 0) is 0 Å². The van der Waals surface area contributed by atoms with E-state index in [0.29, 0.717) is 0 Å². The molecule has 0 radical (unpaired) electrons. The van der Waals surface area contributed by atoms with Gasteiger partial charge in [-0.15, -0.1) is 0 Å². The summed E-state index contributed by atoms with van der Waals surface area (Å²) in [6.07, 6.45) is 0. The lowest BCUT2D eigenvalue weighted by Crippen LogP contribution is -2.13. The normalized spacial score (nSPS) is 9.80. The van der Waals surface area contributed by atoms with Crippen molar-refractivity contribution in [3.63, 3.8) is 0 Å². The summed E-state index contributed by atoms with van der Waals surface area (Å²) in [5.74, 6) is -1.03. The fourth-order valence-electron chi connectivity index (χ4n) is 1.62. The number of halogens is 1. The lowest BCUT2D eigenvalue weighted by Gasteiger charge is -2.10. The molecule has 2 rings (SSSR count). The van der Waals surface area contributed by atoms with Gasteiger partial charge in [0.2, 0.25) is 0 Å². The molecule has 0 saturated heterocycles. The number of amides is 1. The monoisotopic (exact) mass is 271 g/mol. The summed E-state index contributed by atoms with van der Waals surface area (Å²) in [6.45, 7) is 0. The minimum atomic E-state index is -0.699. The van der Waals surface area contributed by atoms with Crippen molar-refractivity contribution in [2.24, 2.45) is 5.73 Å². The maximum absolute atomic E-state index is 13.5. The predicted molar refractivity (Wildman–Crippen MR) is 70.6 cm³/mol. The third-order valence-corrected chi connectivity index (χ3v) is 2.62. The molecule has 1 amide bonds. The van der Waals surface area contributed by atoms with Crippen molar-refractivity contribution < 1.29 is 13.9 Å². The Kier molecular flexibility index (Phi) is 3.53. The average Bonchev–Trinajstić information content (AvgIpc) is 2.41. The van der Waals surface area contributed by atoms with E-state index >= 15 is 0 Å². The summed E-state index contributed by atoms with van der Waals surface area (Å²) < 4.78 is 18.9. The minimum absolute atomic E-state index is 0.0739. The van der Waals surface area contributed by atoms with Crippen LogP contribution in [-0.4, -0.2) is 5.91 Å². The molecule has 0 aliphatic rings. The number of nitrogens with two attached hydrogens (primary N) is 2. The highest BCUT2D eigenvalue weighted by Crippen LogP contribution is 2.30. The van der Waals surface area contributed by atoms with Gasteiger partial charge < -0.3 is 16.2 Å². The van der Waals surface area contributed by atoms with E-state index < -0.39 is 11.7 Å². The Balaban J connectivity index is 2.36. The Morgan fingerprint density at radius 1 is 1.30 bits per heavy atom. The molecule has 0 spiro atoms. The summed E-state index contributed by atoms with van der Waals surface area (Å²) in [5.41, 5.74) is 11.0. The van der Waals surface area contributed by atoms with Crippen LogP contribution in [0, 0.1) is 17.1 Å². The number of para-hydroxylation sites is 1. The van der Waals surface area contributed by atoms with Crippen LogP contribution < -0.4 is 16.2 Å². The van der Waals surface area contributed by atoms with Crippen molar-refractivity contribution >= 4 is 11.6 Å². The maximum atomic E-state index is 13.5. The van der Waals surface area contributed by atoms with Gasteiger partial charge in [-0.25, -0.2) is 4.39 Å². The highest BCUT2D eigenvalue weighted by atomic mass is 19.1. The number of nitrogens with zero attached hydrogens (tertiary/aromatic N) is 1. The molecule has 0 unspecified atom stereocenters. The maximum Gasteiger partial charge on any atom is 0.250 e. The predicted octanol–water partition coefficient (Wildman–Crippen LogP) is 2.17. The second-order valence-electron chi connectivity index (χ2n) is 3.94. The van der Waals surface area contributed by atoms with E-state index in [9.17, 15) is 9.18 Å². The number of nitrogen functional groups attached to an aromatic ring is 1. The molecule has 0 aliphatic carbocycles. The zero-order valence-electron chi connectivity index (χ0n) is 10.3. The van der Waals surface area contributed by atoms with E-state index in [0.717, 1.165) is 6.07 Å². The lowest BCUT2D eigenvalue weighted by molar-refractivity contribution is 0.100. The Bertz CT molecular complexity index is 723. The van der Waals surface area contributed by atoms with Gasteiger partial charge in [0.05, 0.1) is 16.8 Å². The Labute approximate surface area is 114 Å². The molecule has 5 nitrogen and oxygen atoms in total. The van der Waals surface area contributed by atoms with Gasteiger partial charge in [-0.2, -0.15) is 5.26 Å². The standard InChI is InChI=1S/C14H10FN3O2/c15-11-6-9(5-4-8(11)7-16)20-12-3-1-2-10(13(12)17)14(18)19/h1-6H,17H2,(H2,18,19). The van der Waals surface area contributed by atoms with Crippen LogP contribution in [0.25, 0.3) is 0 Å². The first-order valence-electron chi connectivity index (χ1n) is 5.58. The highest BCUT2D eigenvalue weighted by Gasteiger charge is 2.12. The van der Waals surface area contributed by atoms with Gasteiger partial charge in [0.1, 0.15) is 17.6 Å². The number of primary amides is 1. The molecule has 0 aliphatic heterocycles. The average molecular weight is 271 g/mol. The van der Waals surface area contributed by atoms with Crippen LogP contribution in [0.2, 0.25) is 0 Å². The number of ether oxygens (including phenoxy) is 1. The summed E-state index contributed by atoms with van der Waals surface area (Å²) in [6, 6.07) is 10.0. The van der Waals surface area contributed by atoms with Gasteiger partial charge in [-0.1, -0.05) is 6.07 Å². The third kappa shape index (κ3) is 2.52. The number of rotatable bonds is 3. The zero-order valence-corrected chi connectivity index (χ0v) is 10.3. The first-order valence-corrected chi connectivity index (χ1v) is 5.58. The van der Waals surface area contributed by atoms with Crippen LogP contribution in [0.1, 0.15) is 15.9 Å². The van der Waals surface area contributed by atoms with E-state index in [2.05, 4.69) is 0 Å². The number of hydrogen-bond donors (Lipinski definition) is 2. The van der Waals surface area contributed by atoms with Crippen LogP contribution >= 0.6 is 0 Å². The number of anilines is 1. The van der Waals surface area contributed by atoms with Crippen molar-refractivity contribution in [1.82, 2.24) is 0 Å². The molecule has 0 saturated carbocycles. The lowest BCUT2D eigenvalue weighted by atomic mass is 10.1. The zero-order chi connectivity index (χ0) is 14.7. The van der Waals surface area contributed by atoms with Gasteiger partial charge >= 0.3 is 0 Å². The Morgan fingerprint density at radius 3 is 2.65 bits per heavy atom. The molecule has 20 heavy (non-hydrogen) atoms. The van der Waals surface area contributed by atoms with E-state index in [1.807, 2.05) is 0 Å². The van der Waals surface area contributed by atoms with Crippen molar-refractivity contribution in [3.8, 4) is 17.6 Å². The number of carbonyl (C=O) groups is 1. The molecule has 2 aromatic rings. The van der Waals surface area contributed by atoms with E-state index in [-0.39, 0.29) is 28.3 Å².